The first kappa shape index (κ1) is 17.5. The zero-order chi connectivity index (χ0) is 17.0. The molecular formula is C17H26N2O4. The summed E-state index contributed by atoms with van der Waals surface area (Å²) in [5, 5.41) is 2.55. The predicted octanol–water partition coefficient (Wildman–Crippen LogP) is 3.33. The molecule has 1 fully saturated rings. The summed E-state index contributed by atoms with van der Waals surface area (Å²) in [6.45, 7) is 5.34. The average molecular weight is 322 g/mol. The highest BCUT2D eigenvalue weighted by Crippen LogP contribution is 2.29. The van der Waals surface area contributed by atoms with E-state index in [1.54, 1.807) is 50.8 Å². The normalized spacial score (nSPS) is 21.7. The van der Waals surface area contributed by atoms with E-state index >= 15 is 0 Å². The summed E-state index contributed by atoms with van der Waals surface area (Å²) in [4.78, 5) is 24.5. The number of ether oxygens (including phenoxy) is 2. The highest BCUT2D eigenvalue weighted by Gasteiger charge is 2.24. The number of amides is 1. The van der Waals surface area contributed by atoms with E-state index in [4.69, 9.17) is 9.47 Å². The van der Waals surface area contributed by atoms with Gasteiger partial charge in [-0.3, -0.25) is 10.1 Å². The number of carbonyl (C=O) groups excluding carboxylic acids is 1. The molecule has 6 nitrogen and oxygen atoms in total. The van der Waals surface area contributed by atoms with Gasteiger partial charge < -0.3 is 14.0 Å². The first-order valence-electron chi connectivity index (χ1n) is 8.04. The van der Waals surface area contributed by atoms with Crippen LogP contribution in [-0.4, -0.2) is 29.5 Å². The molecule has 1 aromatic rings. The largest absolute Gasteiger partial charge is 0.444 e. The number of nitrogens with zero attached hydrogens (tertiary/aromatic N) is 1. The van der Waals surface area contributed by atoms with Crippen molar-refractivity contribution in [3.05, 3.63) is 28.7 Å². The van der Waals surface area contributed by atoms with Crippen molar-refractivity contribution in [3.8, 4) is 0 Å². The summed E-state index contributed by atoms with van der Waals surface area (Å²) in [6.07, 6.45) is 5.14. The number of methoxy groups -OCH3 is 1. The number of carbonyl (C=O) groups is 1. The lowest BCUT2D eigenvalue weighted by Gasteiger charge is -2.29. The minimum Gasteiger partial charge on any atom is -0.444 e. The van der Waals surface area contributed by atoms with Crippen LogP contribution in [0.25, 0.3) is 0 Å². The van der Waals surface area contributed by atoms with Crippen molar-refractivity contribution in [1.29, 1.82) is 0 Å². The number of pyridine rings is 1. The molecule has 1 saturated carbocycles. The van der Waals surface area contributed by atoms with Crippen molar-refractivity contribution < 1.29 is 14.3 Å². The molecule has 0 aromatic carbocycles. The van der Waals surface area contributed by atoms with E-state index in [2.05, 4.69) is 5.32 Å². The van der Waals surface area contributed by atoms with Gasteiger partial charge in [0, 0.05) is 19.3 Å². The van der Waals surface area contributed by atoms with Crippen LogP contribution in [0.2, 0.25) is 0 Å². The quantitative estimate of drug-likeness (QED) is 0.927. The maximum atomic E-state index is 12.6. The van der Waals surface area contributed by atoms with E-state index in [0.29, 0.717) is 0 Å². The van der Waals surface area contributed by atoms with Crippen LogP contribution in [0.3, 0.4) is 0 Å². The minimum absolute atomic E-state index is 0.0987. The summed E-state index contributed by atoms with van der Waals surface area (Å²) in [7, 11) is 1.70. The lowest BCUT2D eigenvalue weighted by molar-refractivity contribution is 0.0524. The second-order valence-corrected chi connectivity index (χ2v) is 6.94. The van der Waals surface area contributed by atoms with Gasteiger partial charge >= 0.3 is 6.09 Å². The van der Waals surface area contributed by atoms with Gasteiger partial charge in [-0.25, -0.2) is 4.79 Å². The van der Waals surface area contributed by atoms with E-state index in [-0.39, 0.29) is 23.4 Å². The fraction of sp³-hybridized carbons (Fsp3) is 0.647. The molecule has 1 N–H and O–H groups in total. The summed E-state index contributed by atoms with van der Waals surface area (Å²) < 4.78 is 12.3. The molecule has 2 atom stereocenters. The zero-order valence-electron chi connectivity index (χ0n) is 14.3. The molecule has 0 saturated heterocycles. The van der Waals surface area contributed by atoms with Crippen molar-refractivity contribution in [2.45, 2.75) is 64.2 Å². The summed E-state index contributed by atoms with van der Waals surface area (Å²) in [5.41, 5.74) is -0.575. The van der Waals surface area contributed by atoms with Gasteiger partial charge in [-0.15, -0.1) is 0 Å². The molecule has 0 bridgehead atoms. The van der Waals surface area contributed by atoms with Crippen molar-refractivity contribution >= 4 is 11.8 Å². The van der Waals surface area contributed by atoms with E-state index in [1.807, 2.05) is 0 Å². The standard InChI is InChI=1S/C17H26N2O4/c1-17(2,3)23-16(21)18-14-9-6-10-19(15(14)20)12-7-5-8-13(11-12)22-4/h6,9-10,12-13H,5,7-8,11H2,1-4H3,(H,18,21)/t12-,13+/m0/s1. The summed E-state index contributed by atoms with van der Waals surface area (Å²) in [5.74, 6) is 0. The molecule has 2 rings (SSSR count). The number of aromatic nitrogens is 1. The highest BCUT2D eigenvalue weighted by molar-refractivity contribution is 5.84. The van der Waals surface area contributed by atoms with Gasteiger partial charge in [-0.1, -0.05) is 0 Å². The van der Waals surface area contributed by atoms with Crippen LogP contribution < -0.4 is 10.9 Å². The van der Waals surface area contributed by atoms with Crippen molar-refractivity contribution in [1.82, 2.24) is 4.57 Å². The number of rotatable bonds is 3. The molecule has 128 valence electrons. The Hall–Kier alpha value is -1.82. The Balaban J connectivity index is 2.15. The molecule has 1 aliphatic carbocycles. The van der Waals surface area contributed by atoms with Crippen LogP contribution >= 0.6 is 0 Å². The smallest absolute Gasteiger partial charge is 0.412 e. The van der Waals surface area contributed by atoms with Crippen molar-refractivity contribution in [2.24, 2.45) is 0 Å². The Bertz CT molecular complexity index is 603. The average Bonchev–Trinajstić information content (AvgIpc) is 2.47. The van der Waals surface area contributed by atoms with E-state index < -0.39 is 11.7 Å². The van der Waals surface area contributed by atoms with Gasteiger partial charge in [0.25, 0.3) is 5.56 Å². The Morgan fingerprint density at radius 3 is 2.74 bits per heavy atom. The number of anilines is 1. The number of hydrogen-bond donors (Lipinski definition) is 1. The molecule has 1 aliphatic rings. The molecule has 1 heterocycles. The second kappa shape index (κ2) is 7.17. The van der Waals surface area contributed by atoms with Gasteiger partial charge in [0.15, 0.2) is 0 Å². The molecule has 23 heavy (non-hydrogen) atoms. The summed E-state index contributed by atoms with van der Waals surface area (Å²) >= 11 is 0. The molecule has 0 radical (unpaired) electrons. The maximum Gasteiger partial charge on any atom is 0.412 e. The van der Waals surface area contributed by atoms with Crippen molar-refractivity contribution in [3.63, 3.8) is 0 Å². The lowest BCUT2D eigenvalue weighted by atomic mass is 9.92. The van der Waals surface area contributed by atoms with Crippen LogP contribution in [0, 0.1) is 0 Å². The van der Waals surface area contributed by atoms with E-state index in [9.17, 15) is 9.59 Å². The Morgan fingerprint density at radius 1 is 1.35 bits per heavy atom. The van der Waals surface area contributed by atoms with Crippen LogP contribution in [0.15, 0.2) is 23.1 Å². The Morgan fingerprint density at radius 2 is 2.09 bits per heavy atom. The fourth-order valence-corrected chi connectivity index (χ4v) is 2.89. The van der Waals surface area contributed by atoms with Gasteiger partial charge in [0.2, 0.25) is 0 Å². The van der Waals surface area contributed by atoms with Gasteiger partial charge in [-0.05, 0) is 58.6 Å². The highest BCUT2D eigenvalue weighted by atomic mass is 16.6. The van der Waals surface area contributed by atoms with Gasteiger partial charge in [0.05, 0.1) is 6.10 Å². The first-order chi connectivity index (χ1) is 10.8. The predicted molar refractivity (Wildman–Crippen MR) is 88.9 cm³/mol. The fourth-order valence-electron chi connectivity index (χ4n) is 2.89. The molecule has 0 unspecified atom stereocenters. The zero-order valence-corrected chi connectivity index (χ0v) is 14.3. The van der Waals surface area contributed by atoms with E-state index in [0.717, 1.165) is 25.7 Å². The topological polar surface area (TPSA) is 69.6 Å². The number of hydrogen-bond acceptors (Lipinski definition) is 4. The van der Waals surface area contributed by atoms with Gasteiger partial charge in [-0.2, -0.15) is 0 Å². The van der Waals surface area contributed by atoms with Gasteiger partial charge in [0.1, 0.15) is 11.3 Å². The molecule has 1 aromatic heterocycles. The SMILES string of the molecule is CO[C@@H]1CCC[C@H](n2cccc(NC(=O)OC(C)(C)C)c2=O)C1. The molecule has 1 amide bonds. The minimum atomic E-state index is -0.620. The maximum absolute atomic E-state index is 12.6. The molecule has 0 spiro atoms. The molecule has 0 aliphatic heterocycles. The van der Waals surface area contributed by atoms with Crippen LogP contribution in [0.4, 0.5) is 10.5 Å². The first-order valence-corrected chi connectivity index (χ1v) is 8.04. The number of nitrogens with one attached hydrogen (secondary N) is 1. The monoisotopic (exact) mass is 322 g/mol. The van der Waals surface area contributed by atoms with Crippen LogP contribution in [0.5, 0.6) is 0 Å². The van der Waals surface area contributed by atoms with Crippen molar-refractivity contribution in [2.75, 3.05) is 12.4 Å². The van der Waals surface area contributed by atoms with Crippen LogP contribution in [0.1, 0.15) is 52.5 Å². The second-order valence-electron chi connectivity index (χ2n) is 6.94. The van der Waals surface area contributed by atoms with Crippen LogP contribution in [-0.2, 0) is 9.47 Å². The molecular weight excluding hydrogens is 296 g/mol. The third-order valence-corrected chi connectivity index (χ3v) is 3.94. The third kappa shape index (κ3) is 4.82. The summed E-state index contributed by atoms with van der Waals surface area (Å²) in [6, 6.07) is 3.46. The Kier molecular flexibility index (Phi) is 5.46. The molecule has 6 heteroatoms. The van der Waals surface area contributed by atoms with E-state index in [1.165, 1.54) is 0 Å². The third-order valence-electron chi connectivity index (χ3n) is 3.94. The lowest BCUT2D eigenvalue weighted by Crippen LogP contribution is -2.34. The Labute approximate surface area is 136 Å².